The van der Waals surface area contributed by atoms with Crippen molar-refractivity contribution < 1.29 is 9.53 Å². The van der Waals surface area contributed by atoms with Crippen LogP contribution in [-0.4, -0.2) is 33.7 Å². The normalized spacial score (nSPS) is 16.7. The summed E-state index contributed by atoms with van der Waals surface area (Å²) in [5.41, 5.74) is 3.14. The second-order valence-electron chi connectivity index (χ2n) is 7.42. The van der Waals surface area contributed by atoms with E-state index in [2.05, 4.69) is 44.6 Å². The number of imidazole rings is 1. The zero-order valence-electron chi connectivity index (χ0n) is 16.4. The molecule has 3 heterocycles. The number of amides is 1. The summed E-state index contributed by atoms with van der Waals surface area (Å²) in [5, 5.41) is 1.18. The number of benzene rings is 2. The molecule has 6 nitrogen and oxygen atoms in total. The molecule has 0 bridgehead atoms. The Morgan fingerprint density at radius 2 is 1.90 bits per heavy atom. The van der Waals surface area contributed by atoms with Gasteiger partial charge in [-0.2, -0.15) is 0 Å². The monoisotopic (exact) mass is 386 g/mol. The van der Waals surface area contributed by atoms with E-state index in [1.807, 2.05) is 48.6 Å². The maximum atomic E-state index is 12.7. The molecular weight excluding hydrogens is 364 g/mol. The van der Waals surface area contributed by atoms with E-state index in [0.29, 0.717) is 13.0 Å². The number of carbonyl (C=O) groups excluding carboxylic acids is 1. The zero-order chi connectivity index (χ0) is 20.0. The number of hydrogen-bond acceptors (Lipinski definition) is 3. The maximum Gasteiger partial charge on any atom is 0.229 e. The van der Waals surface area contributed by atoms with Crippen LogP contribution in [0.1, 0.15) is 12.5 Å². The van der Waals surface area contributed by atoms with Gasteiger partial charge in [-0.3, -0.25) is 4.79 Å². The second-order valence-corrected chi connectivity index (χ2v) is 7.42. The molecule has 0 radical (unpaired) electrons. The van der Waals surface area contributed by atoms with Crippen LogP contribution in [-0.2, 0) is 11.8 Å². The van der Waals surface area contributed by atoms with Crippen molar-refractivity contribution >= 4 is 22.5 Å². The molecule has 1 aliphatic heterocycles. The standard InChI is InChI=1S/C23H22N4O2/c1-25-11-9-16-13-17(3-8-21(16)25)23-24-10-12-26(23)19-14-22(28)27(15-19)18-4-6-20(29-2)7-5-18/h3-13,19H,14-15H2,1-2H3. The minimum atomic E-state index is 0.0496. The Morgan fingerprint density at radius 3 is 2.69 bits per heavy atom. The van der Waals surface area contributed by atoms with Gasteiger partial charge in [0.25, 0.3) is 0 Å². The van der Waals surface area contributed by atoms with Gasteiger partial charge in [-0.05, 0) is 48.5 Å². The van der Waals surface area contributed by atoms with Crippen molar-refractivity contribution in [2.75, 3.05) is 18.6 Å². The van der Waals surface area contributed by atoms with Crippen LogP contribution in [0.4, 0.5) is 5.69 Å². The summed E-state index contributed by atoms with van der Waals surface area (Å²) in [5.74, 6) is 1.80. The lowest BCUT2D eigenvalue weighted by molar-refractivity contribution is -0.117. The van der Waals surface area contributed by atoms with Gasteiger partial charge in [0, 0.05) is 60.8 Å². The molecule has 0 spiro atoms. The molecule has 1 fully saturated rings. The van der Waals surface area contributed by atoms with Gasteiger partial charge in [0.05, 0.1) is 13.2 Å². The second kappa shape index (κ2) is 6.81. The number of fused-ring (bicyclic) bond motifs is 1. The van der Waals surface area contributed by atoms with Gasteiger partial charge in [0.2, 0.25) is 5.91 Å². The quantitative estimate of drug-likeness (QED) is 0.532. The highest BCUT2D eigenvalue weighted by atomic mass is 16.5. The summed E-state index contributed by atoms with van der Waals surface area (Å²) in [7, 11) is 3.68. The summed E-state index contributed by atoms with van der Waals surface area (Å²) >= 11 is 0. The Labute approximate surface area is 169 Å². The first-order chi connectivity index (χ1) is 14.1. The first kappa shape index (κ1) is 17.6. The van der Waals surface area contributed by atoms with Gasteiger partial charge in [-0.25, -0.2) is 4.98 Å². The van der Waals surface area contributed by atoms with E-state index in [-0.39, 0.29) is 11.9 Å². The number of methoxy groups -OCH3 is 1. The van der Waals surface area contributed by atoms with E-state index in [9.17, 15) is 4.79 Å². The minimum absolute atomic E-state index is 0.0496. The molecule has 2 aromatic carbocycles. The SMILES string of the molecule is COc1ccc(N2CC(n3ccnc3-c3ccc4c(ccn4C)c3)CC2=O)cc1. The molecule has 29 heavy (non-hydrogen) atoms. The number of anilines is 1. The lowest BCUT2D eigenvalue weighted by Crippen LogP contribution is -2.24. The third kappa shape index (κ3) is 2.97. The summed E-state index contributed by atoms with van der Waals surface area (Å²) in [6.07, 6.45) is 6.30. The van der Waals surface area contributed by atoms with Crippen LogP contribution in [0.3, 0.4) is 0 Å². The third-order valence-corrected chi connectivity index (χ3v) is 5.69. The van der Waals surface area contributed by atoms with E-state index >= 15 is 0 Å². The minimum Gasteiger partial charge on any atom is -0.497 e. The largest absolute Gasteiger partial charge is 0.497 e. The molecule has 1 aliphatic rings. The van der Waals surface area contributed by atoms with E-state index in [1.165, 1.54) is 10.9 Å². The van der Waals surface area contributed by atoms with Crippen molar-refractivity contribution in [3.8, 4) is 17.1 Å². The molecule has 1 amide bonds. The Balaban J connectivity index is 1.44. The molecule has 146 valence electrons. The first-order valence-corrected chi connectivity index (χ1v) is 9.67. The fourth-order valence-electron chi connectivity index (χ4n) is 4.14. The van der Waals surface area contributed by atoms with Gasteiger partial charge >= 0.3 is 0 Å². The molecule has 1 atom stereocenters. The first-order valence-electron chi connectivity index (χ1n) is 9.67. The zero-order valence-corrected chi connectivity index (χ0v) is 16.4. The van der Waals surface area contributed by atoms with Gasteiger partial charge in [0.15, 0.2) is 0 Å². The average molecular weight is 386 g/mol. The van der Waals surface area contributed by atoms with Crippen molar-refractivity contribution in [3.63, 3.8) is 0 Å². The van der Waals surface area contributed by atoms with E-state index in [4.69, 9.17) is 4.74 Å². The van der Waals surface area contributed by atoms with Crippen molar-refractivity contribution in [1.29, 1.82) is 0 Å². The summed E-state index contributed by atoms with van der Waals surface area (Å²) in [6, 6.07) is 16.2. The fraction of sp³-hybridized carbons (Fsp3) is 0.217. The molecule has 6 heteroatoms. The molecule has 0 aliphatic carbocycles. The molecule has 1 unspecified atom stereocenters. The van der Waals surface area contributed by atoms with Crippen molar-refractivity contribution in [1.82, 2.24) is 14.1 Å². The number of aryl methyl sites for hydroxylation is 1. The van der Waals surface area contributed by atoms with Gasteiger partial charge < -0.3 is 18.8 Å². The molecule has 5 rings (SSSR count). The molecule has 2 aromatic heterocycles. The van der Waals surface area contributed by atoms with Crippen LogP contribution in [0.2, 0.25) is 0 Å². The highest BCUT2D eigenvalue weighted by Gasteiger charge is 2.32. The fourth-order valence-corrected chi connectivity index (χ4v) is 4.14. The highest BCUT2D eigenvalue weighted by molar-refractivity contribution is 5.96. The van der Waals surface area contributed by atoms with Crippen LogP contribution in [0.25, 0.3) is 22.3 Å². The predicted octanol–water partition coefficient (Wildman–Crippen LogP) is 4.03. The third-order valence-electron chi connectivity index (χ3n) is 5.69. The molecule has 0 N–H and O–H groups in total. The molecule has 1 saturated heterocycles. The van der Waals surface area contributed by atoms with Gasteiger partial charge in [-0.15, -0.1) is 0 Å². The van der Waals surface area contributed by atoms with Crippen LogP contribution < -0.4 is 9.64 Å². The van der Waals surface area contributed by atoms with E-state index < -0.39 is 0 Å². The Hall–Kier alpha value is -3.54. The summed E-state index contributed by atoms with van der Waals surface area (Å²) < 4.78 is 9.45. The lowest BCUT2D eigenvalue weighted by atomic mass is 10.1. The number of nitrogens with zero attached hydrogens (tertiary/aromatic N) is 4. The Morgan fingerprint density at radius 1 is 1.07 bits per heavy atom. The smallest absolute Gasteiger partial charge is 0.229 e. The van der Waals surface area contributed by atoms with Crippen molar-refractivity contribution in [2.45, 2.75) is 12.5 Å². The topological polar surface area (TPSA) is 52.3 Å². The number of ether oxygens (including phenoxy) is 1. The average Bonchev–Trinajstić information content (AvgIpc) is 3.46. The lowest BCUT2D eigenvalue weighted by Gasteiger charge is -2.18. The van der Waals surface area contributed by atoms with Gasteiger partial charge in [-0.1, -0.05) is 0 Å². The maximum absolute atomic E-state index is 12.7. The Kier molecular flexibility index (Phi) is 4.12. The predicted molar refractivity (Wildman–Crippen MR) is 113 cm³/mol. The van der Waals surface area contributed by atoms with E-state index in [1.54, 1.807) is 7.11 Å². The van der Waals surface area contributed by atoms with Crippen molar-refractivity contribution in [3.05, 3.63) is 67.1 Å². The number of rotatable bonds is 4. The molecule has 0 saturated carbocycles. The van der Waals surface area contributed by atoms with Crippen LogP contribution >= 0.6 is 0 Å². The summed E-state index contributed by atoms with van der Waals surface area (Å²) in [6.45, 7) is 0.627. The van der Waals surface area contributed by atoms with Crippen LogP contribution in [0.15, 0.2) is 67.1 Å². The van der Waals surface area contributed by atoms with Crippen molar-refractivity contribution in [2.24, 2.45) is 7.05 Å². The van der Waals surface area contributed by atoms with Crippen LogP contribution in [0.5, 0.6) is 5.75 Å². The van der Waals surface area contributed by atoms with Crippen LogP contribution in [0, 0.1) is 0 Å². The number of aromatic nitrogens is 3. The van der Waals surface area contributed by atoms with Gasteiger partial charge in [0.1, 0.15) is 11.6 Å². The Bertz CT molecular complexity index is 1190. The molecule has 4 aromatic rings. The molecular formula is C23H22N4O2. The number of carbonyl (C=O) groups is 1. The number of hydrogen-bond donors (Lipinski definition) is 0. The van der Waals surface area contributed by atoms with E-state index in [0.717, 1.165) is 22.8 Å². The summed E-state index contributed by atoms with van der Waals surface area (Å²) in [4.78, 5) is 19.2. The highest BCUT2D eigenvalue weighted by Crippen LogP contribution is 2.33.